The molecule has 0 saturated carbocycles. The van der Waals surface area contributed by atoms with Gasteiger partial charge in [0.2, 0.25) is 0 Å². The van der Waals surface area contributed by atoms with E-state index in [9.17, 15) is 0 Å². The third-order valence-electron chi connectivity index (χ3n) is 6.01. The van der Waals surface area contributed by atoms with E-state index in [1.165, 1.54) is 0 Å². The molecule has 3 heterocycles. The molecule has 0 bridgehead atoms. The zero-order valence-electron chi connectivity index (χ0n) is 16.8. The van der Waals surface area contributed by atoms with Crippen molar-refractivity contribution in [1.82, 2.24) is 4.98 Å². The minimum absolute atomic E-state index is 0.115. The summed E-state index contributed by atoms with van der Waals surface area (Å²) in [6.07, 6.45) is 3.83. The molecule has 0 amide bonds. The molecule has 2 aliphatic heterocycles. The van der Waals surface area contributed by atoms with Crippen molar-refractivity contribution in [3.8, 4) is 0 Å². The molecular weight excluding hydrogens is 331 g/mol. The quantitative estimate of drug-likeness (QED) is 0.591. The van der Waals surface area contributed by atoms with Crippen LogP contribution in [0.1, 0.15) is 40.5 Å². The third-order valence-corrected chi connectivity index (χ3v) is 6.01. The number of rotatable bonds is 5. The minimum Gasteiger partial charge on any atom is -0.399 e. The van der Waals surface area contributed by atoms with Crippen LogP contribution in [0, 0.1) is 5.92 Å². The molecule has 0 aromatic carbocycles. The van der Waals surface area contributed by atoms with E-state index < -0.39 is 0 Å². The maximum atomic E-state index is 6.10. The first-order valence-electron chi connectivity index (χ1n) is 9.39. The highest BCUT2D eigenvalue weighted by atomic mass is 16.7. The Bertz CT molecular complexity index is 580. The molecule has 0 N–H and O–H groups in total. The van der Waals surface area contributed by atoms with Gasteiger partial charge in [-0.2, -0.15) is 0 Å². The van der Waals surface area contributed by atoms with Crippen molar-refractivity contribution >= 4 is 18.4 Å². The van der Waals surface area contributed by atoms with E-state index in [2.05, 4.69) is 49.7 Å². The van der Waals surface area contributed by atoms with Crippen LogP contribution in [0.2, 0.25) is 0 Å². The summed E-state index contributed by atoms with van der Waals surface area (Å²) in [5.74, 6) is 1.43. The van der Waals surface area contributed by atoms with Gasteiger partial charge in [-0.1, -0.05) is 6.07 Å². The number of piperidine rings is 1. The summed E-state index contributed by atoms with van der Waals surface area (Å²) in [7, 11) is 3.05. The number of hydrogen-bond donors (Lipinski definition) is 0. The first kappa shape index (κ1) is 19.6. The van der Waals surface area contributed by atoms with Crippen LogP contribution in [0.15, 0.2) is 18.3 Å². The van der Waals surface area contributed by atoms with Crippen LogP contribution in [-0.4, -0.2) is 56.9 Å². The molecule has 2 aliphatic rings. The first-order valence-corrected chi connectivity index (χ1v) is 9.39. The first-order chi connectivity index (χ1) is 12.3. The highest BCUT2D eigenvalue weighted by molar-refractivity contribution is 6.62. The van der Waals surface area contributed by atoms with Crippen molar-refractivity contribution in [2.75, 3.05) is 32.2 Å². The van der Waals surface area contributed by atoms with Crippen LogP contribution < -0.4 is 10.4 Å². The minimum atomic E-state index is -0.364. The Hall–Kier alpha value is -1.15. The van der Waals surface area contributed by atoms with E-state index in [4.69, 9.17) is 18.8 Å². The molecular formula is C19H31BN2O4. The molecule has 7 heteroatoms. The van der Waals surface area contributed by atoms with E-state index in [0.29, 0.717) is 5.92 Å². The Morgan fingerprint density at radius 1 is 1.08 bits per heavy atom. The van der Waals surface area contributed by atoms with E-state index in [-0.39, 0.29) is 24.6 Å². The van der Waals surface area contributed by atoms with Crippen molar-refractivity contribution in [2.24, 2.45) is 5.92 Å². The molecule has 2 fully saturated rings. The number of methoxy groups -OCH3 is 2. The van der Waals surface area contributed by atoms with Crippen LogP contribution in [0.3, 0.4) is 0 Å². The number of aromatic nitrogens is 1. The maximum Gasteiger partial charge on any atom is 0.496 e. The standard InChI is InChI=1S/C19H31BN2O4/c1-18(2)19(3,4)26-20(25-18)15-7-8-16(21-13-15)22-11-9-14(10-12-22)17(23-5)24-6/h7-8,13-14,17H,9-12H2,1-6H3. The lowest BCUT2D eigenvalue weighted by atomic mass is 9.80. The zero-order valence-corrected chi connectivity index (χ0v) is 16.8. The molecule has 0 atom stereocenters. The fourth-order valence-electron chi connectivity index (χ4n) is 3.58. The summed E-state index contributed by atoms with van der Waals surface area (Å²) < 4.78 is 23.0. The SMILES string of the molecule is COC(OC)C1CCN(c2ccc(B3OC(C)(C)C(C)(C)O3)cn2)CC1. The molecule has 6 nitrogen and oxygen atoms in total. The highest BCUT2D eigenvalue weighted by Gasteiger charge is 2.51. The van der Waals surface area contributed by atoms with Gasteiger partial charge in [-0.15, -0.1) is 0 Å². The van der Waals surface area contributed by atoms with E-state index in [1.807, 2.05) is 6.20 Å². The van der Waals surface area contributed by atoms with Gasteiger partial charge in [0.1, 0.15) is 5.82 Å². The molecule has 144 valence electrons. The van der Waals surface area contributed by atoms with Crippen molar-refractivity contribution in [1.29, 1.82) is 0 Å². The lowest BCUT2D eigenvalue weighted by Crippen LogP contribution is -2.41. The number of ether oxygens (including phenoxy) is 2. The smallest absolute Gasteiger partial charge is 0.399 e. The molecule has 26 heavy (non-hydrogen) atoms. The molecule has 1 aromatic rings. The van der Waals surface area contributed by atoms with E-state index in [1.54, 1.807) is 14.2 Å². The average molecular weight is 362 g/mol. The highest BCUT2D eigenvalue weighted by Crippen LogP contribution is 2.36. The van der Waals surface area contributed by atoms with Crippen LogP contribution in [0.5, 0.6) is 0 Å². The molecule has 0 unspecified atom stereocenters. The maximum absolute atomic E-state index is 6.10. The van der Waals surface area contributed by atoms with Crippen molar-refractivity contribution in [3.63, 3.8) is 0 Å². The fourth-order valence-corrected chi connectivity index (χ4v) is 3.58. The Balaban J connectivity index is 1.61. The Morgan fingerprint density at radius 2 is 1.65 bits per heavy atom. The molecule has 0 spiro atoms. The van der Waals surface area contributed by atoms with Gasteiger partial charge in [-0.25, -0.2) is 4.98 Å². The van der Waals surface area contributed by atoms with Gasteiger partial charge in [0.25, 0.3) is 0 Å². The van der Waals surface area contributed by atoms with Gasteiger partial charge >= 0.3 is 7.12 Å². The second-order valence-corrected chi connectivity index (χ2v) is 8.20. The van der Waals surface area contributed by atoms with Crippen LogP contribution in [-0.2, 0) is 18.8 Å². The lowest BCUT2D eigenvalue weighted by Gasteiger charge is -2.35. The van der Waals surface area contributed by atoms with Crippen molar-refractivity contribution in [2.45, 2.75) is 58.0 Å². The summed E-state index contributed by atoms with van der Waals surface area (Å²) in [6, 6.07) is 4.12. The van der Waals surface area contributed by atoms with Gasteiger partial charge in [-0.3, -0.25) is 0 Å². The number of pyridine rings is 1. The lowest BCUT2D eigenvalue weighted by molar-refractivity contribution is -0.141. The molecule has 2 saturated heterocycles. The van der Waals surface area contributed by atoms with Crippen molar-refractivity contribution < 1.29 is 18.8 Å². The number of hydrogen-bond acceptors (Lipinski definition) is 6. The van der Waals surface area contributed by atoms with E-state index in [0.717, 1.165) is 37.2 Å². The monoisotopic (exact) mass is 362 g/mol. The summed E-state index contributed by atoms with van der Waals surface area (Å²) in [5, 5.41) is 0. The predicted octanol–water partition coefficient (Wildman–Crippen LogP) is 2.22. The predicted molar refractivity (Wildman–Crippen MR) is 103 cm³/mol. The third kappa shape index (κ3) is 3.76. The summed E-state index contributed by atoms with van der Waals surface area (Å²) in [4.78, 5) is 6.97. The van der Waals surface area contributed by atoms with Crippen LogP contribution in [0.4, 0.5) is 5.82 Å². The van der Waals surface area contributed by atoms with Crippen LogP contribution >= 0.6 is 0 Å². The summed E-state index contributed by atoms with van der Waals surface area (Å²) in [6.45, 7) is 10.2. The summed E-state index contributed by atoms with van der Waals surface area (Å²) in [5.41, 5.74) is 0.288. The fraction of sp³-hybridized carbons (Fsp3) is 0.737. The summed E-state index contributed by atoms with van der Waals surface area (Å²) >= 11 is 0. The van der Waals surface area contributed by atoms with Gasteiger partial charge in [0, 0.05) is 44.9 Å². The van der Waals surface area contributed by atoms with Gasteiger partial charge in [-0.05, 0) is 46.6 Å². The Morgan fingerprint density at radius 3 is 2.12 bits per heavy atom. The van der Waals surface area contributed by atoms with Gasteiger partial charge < -0.3 is 23.7 Å². The normalized spacial score (nSPS) is 23.0. The molecule has 0 aliphatic carbocycles. The largest absolute Gasteiger partial charge is 0.496 e. The molecule has 1 aromatic heterocycles. The number of anilines is 1. The van der Waals surface area contributed by atoms with Crippen LogP contribution in [0.25, 0.3) is 0 Å². The van der Waals surface area contributed by atoms with E-state index >= 15 is 0 Å². The molecule has 0 radical (unpaired) electrons. The number of nitrogens with zero attached hydrogens (tertiary/aromatic N) is 2. The van der Waals surface area contributed by atoms with Crippen molar-refractivity contribution in [3.05, 3.63) is 18.3 Å². The second-order valence-electron chi connectivity index (χ2n) is 8.20. The zero-order chi connectivity index (χ0) is 18.9. The van der Waals surface area contributed by atoms with Gasteiger partial charge in [0.15, 0.2) is 6.29 Å². The second kappa shape index (κ2) is 7.47. The molecule has 3 rings (SSSR count). The van der Waals surface area contributed by atoms with Gasteiger partial charge in [0.05, 0.1) is 11.2 Å². The topological polar surface area (TPSA) is 53.1 Å². The Kier molecular flexibility index (Phi) is 5.63. The average Bonchev–Trinajstić information content (AvgIpc) is 2.84. The Labute approximate surface area is 157 Å².